The molecular weight excluding hydrogens is 412 g/mol. The van der Waals surface area contributed by atoms with Crippen molar-refractivity contribution in [1.29, 1.82) is 0 Å². The van der Waals surface area contributed by atoms with Crippen molar-refractivity contribution in [3.05, 3.63) is 59.2 Å². The van der Waals surface area contributed by atoms with Crippen LogP contribution in [0.1, 0.15) is 54.7 Å². The van der Waals surface area contributed by atoms with E-state index in [9.17, 15) is 4.79 Å². The first-order valence-corrected chi connectivity index (χ1v) is 11.1. The van der Waals surface area contributed by atoms with Crippen molar-refractivity contribution < 1.29 is 14.3 Å². The molecule has 168 valence electrons. The zero-order valence-electron chi connectivity index (χ0n) is 18.1. The van der Waals surface area contributed by atoms with Crippen molar-refractivity contribution in [2.45, 2.75) is 57.1 Å². The van der Waals surface area contributed by atoms with Crippen molar-refractivity contribution in [2.24, 2.45) is 11.7 Å². The highest BCUT2D eigenvalue weighted by atomic mass is 35.5. The second-order valence-corrected chi connectivity index (χ2v) is 8.49. The molecule has 0 bridgehead atoms. The number of benzene rings is 2. The summed E-state index contributed by atoms with van der Waals surface area (Å²) < 4.78 is 11.8. The Hall–Kier alpha value is -2.24. The lowest BCUT2D eigenvalue weighted by molar-refractivity contribution is -0.126. The van der Waals surface area contributed by atoms with Gasteiger partial charge < -0.3 is 20.5 Å². The van der Waals surface area contributed by atoms with E-state index >= 15 is 0 Å². The predicted octanol–water partition coefficient (Wildman–Crippen LogP) is 4.36. The number of nitrogens with one attached hydrogen (secondary N) is 1. The summed E-state index contributed by atoms with van der Waals surface area (Å²) in [5.74, 6) is 1.93. The molecule has 1 saturated carbocycles. The number of halogens is 1. The van der Waals surface area contributed by atoms with Crippen LogP contribution in [0.5, 0.6) is 11.5 Å². The van der Waals surface area contributed by atoms with Crippen LogP contribution in [0.4, 0.5) is 0 Å². The molecular formula is C25H33ClN2O3. The third-order valence-corrected chi connectivity index (χ3v) is 6.52. The first-order chi connectivity index (χ1) is 14.7. The minimum absolute atomic E-state index is 0. The van der Waals surface area contributed by atoms with Gasteiger partial charge in [0.25, 0.3) is 0 Å². The van der Waals surface area contributed by atoms with E-state index in [0.29, 0.717) is 13.1 Å². The monoisotopic (exact) mass is 444 g/mol. The van der Waals surface area contributed by atoms with Crippen molar-refractivity contribution in [3.63, 3.8) is 0 Å². The highest BCUT2D eigenvalue weighted by molar-refractivity contribution is 5.85. The molecule has 0 radical (unpaired) electrons. The van der Waals surface area contributed by atoms with Gasteiger partial charge in [-0.2, -0.15) is 0 Å². The Kier molecular flexibility index (Phi) is 8.22. The molecule has 2 atom stereocenters. The van der Waals surface area contributed by atoms with Crippen LogP contribution in [-0.4, -0.2) is 25.7 Å². The number of piperidine rings is 1. The molecule has 1 aliphatic heterocycles. The van der Waals surface area contributed by atoms with E-state index in [4.69, 9.17) is 15.2 Å². The number of carbonyl (C=O) groups is 1. The molecule has 2 aromatic rings. The van der Waals surface area contributed by atoms with E-state index in [1.165, 1.54) is 24.0 Å². The Morgan fingerprint density at radius 1 is 1.06 bits per heavy atom. The lowest BCUT2D eigenvalue weighted by Crippen LogP contribution is -2.41. The lowest BCUT2D eigenvalue weighted by atomic mass is 9.81. The number of methoxy groups -OCH3 is 1. The first kappa shape index (κ1) is 23.4. The predicted molar refractivity (Wildman–Crippen MR) is 125 cm³/mol. The Labute approximate surface area is 191 Å². The summed E-state index contributed by atoms with van der Waals surface area (Å²) in [7, 11) is 1.68. The molecule has 1 heterocycles. The highest BCUT2D eigenvalue weighted by Crippen LogP contribution is 2.37. The van der Waals surface area contributed by atoms with Crippen LogP contribution < -0.4 is 20.5 Å². The molecule has 0 aromatic heterocycles. The molecule has 1 saturated heterocycles. The van der Waals surface area contributed by atoms with Crippen LogP contribution in [0.2, 0.25) is 0 Å². The molecule has 5 nitrogen and oxygen atoms in total. The maximum Gasteiger partial charge on any atom is 0.223 e. The van der Waals surface area contributed by atoms with Gasteiger partial charge in [0.15, 0.2) is 11.5 Å². The average Bonchev–Trinajstić information content (AvgIpc) is 3.29. The number of amides is 1. The Bertz CT molecular complexity index is 883. The van der Waals surface area contributed by atoms with Crippen molar-refractivity contribution in [2.75, 3.05) is 13.7 Å². The quantitative estimate of drug-likeness (QED) is 0.665. The molecule has 0 unspecified atom stereocenters. The van der Waals surface area contributed by atoms with Crippen LogP contribution in [-0.2, 0) is 17.8 Å². The van der Waals surface area contributed by atoms with Crippen LogP contribution in [0.3, 0.4) is 0 Å². The van der Waals surface area contributed by atoms with E-state index < -0.39 is 0 Å². The second kappa shape index (κ2) is 10.9. The van der Waals surface area contributed by atoms with Gasteiger partial charge in [-0.3, -0.25) is 4.79 Å². The van der Waals surface area contributed by atoms with E-state index in [0.717, 1.165) is 42.7 Å². The third kappa shape index (κ3) is 5.52. The number of carbonyl (C=O) groups excluding carboxylic acids is 1. The highest BCUT2D eigenvalue weighted by Gasteiger charge is 2.30. The van der Waals surface area contributed by atoms with Crippen LogP contribution in [0.15, 0.2) is 42.5 Å². The average molecular weight is 445 g/mol. The molecule has 1 amide bonds. The molecule has 3 N–H and O–H groups in total. The Morgan fingerprint density at radius 3 is 2.52 bits per heavy atom. The van der Waals surface area contributed by atoms with Gasteiger partial charge in [0.1, 0.15) is 0 Å². The summed E-state index contributed by atoms with van der Waals surface area (Å²) in [4.78, 5) is 12.6. The zero-order chi connectivity index (χ0) is 20.9. The normalized spacial score (nSPS) is 21.3. The van der Waals surface area contributed by atoms with Gasteiger partial charge in [0, 0.05) is 24.9 Å². The number of nitrogens with two attached hydrogens (primary N) is 1. The Morgan fingerprint density at radius 2 is 1.81 bits per heavy atom. The molecule has 2 aromatic carbocycles. The van der Waals surface area contributed by atoms with Gasteiger partial charge in [-0.05, 0) is 67.3 Å². The van der Waals surface area contributed by atoms with Gasteiger partial charge in [0.2, 0.25) is 5.91 Å². The van der Waals surface area contributed by atoms with Crippen LogP contribution in [0, 0.1) is 5.92 Å². The van der Waals surface area contributed by atoms with Crippen molar-refractivity contribution >= 4 is 18.3 Å². The van der Waals surface area contributed by atoms with Crippen molar-refractivity contribution in [3.8, 4) is 11.5 Å². The fourth-order valence-corrected chi connectivity index (χ4v) is 4.78. The van der Waals surface area contributed by atoms with Gasteiger partial charge in [0.05, 0.1) is 13.2 Å². The lowest BCUT2D eigenvalue weighted by Gasteiger charge is -2.30. The van der Waals surface area contributed by atoms with Crippen LogP contribution >= 0.6 is 12.4 Å². The standard InChI is InChI=1S/C25H32N2O3.ClH/c1-29-23-11-10-18(14-24(23)30-22-8-4-5-9-22)21-13-20(25(28)27-16-21)12-17-6-2-3-7-19(17)15-26;/h2-3,6-7,10-11,14,20-22H,4-5,8-9,12-13,15-16,26H2,1H3,(H,27,28);1H/t20-,21-;/m1./s1. The summed E-state index contributed by atoms with van der Waals surface area (Å²) >= 11 is 0. The summed E-state index contributed by atoms with van der Waals surface area (Å²) in [5.41, 5.74) is 9.37. The SMILES string of the molecule is COc1ccc([C@H]2CNC(=O)[C@H](Cc3ccccc3CN)C2)cc1OC1CCCC1.Cl. The number of hydrogen-bond acceptors (Lipinski definition) is 4. The molecule has 2 aliphatic rings. The zero-order valence-corrected chi connectivity index (χ0v) is 19.0. The molecule has 6 heteroatoms. The number of rotatable bonds is 7. The number of hydrogen-bond donors (Lipinski definition) is 2. The van der Waals surface area contributed by atoms with E-state index in [-0.39, 0.29) is 36.3 Å². The number of ether oxygens (including phenoxy) is 2. The smallest absolute Gasteiger partial charge is 0.223 e. The van der Waals surface area contributed by atoms with Gasteiger partial charge in [-0.15, -0.1) is 12.4 Å². The molecule has 31 heavy (non-hydrogen) atoms. The summed E-state index contributed by atoms with van der Waals surface area (Å²) in [5, 5.41) is 3.12. The van der Waals surface area contributed by atoms with E-state index in [2.05, 4.69) is 23.5 Å². The Balaban J connectivity index is 0.00000272. The van der Waals surface area contributed by atoms with Gasteiger partial charge >= 0.3 is 0 Å². The summed E-state index contributed by atoms with van der Waals surface area (Å²) in [6, 6.07) is 14.4. The van der Waals surface area contributed by atoms with Gasteiger partial charge in [-0.25, -0.2) is 0 Å². The van der Waals surface area contributed by atoms with E-state index in [1.54, 1.807) is 7.11 Å². The fraction of sp³-hybridized carbons (Fsp3) is 0.480. The van der Waals surface area contributed by atoms with E-state index in [1.807, 2.05) is 24.3 Å². The minimum atomic E-state index is -0.0576. The topological polar surface area (TPSA) is 73.6 Å². The molecule has 2 fully saturated rings. The first-order valence-electron chi connectivity index (χ1n) is 11.1. The largest absolute Gasteiger partial charge is 0.493 e. The second-order valence-electron chi connectivity index (χ2n) is 8.49. The third-order valence-electron chi connectivity index (χ3n) is 6.52. The molecule has 0 spiro atoms. The maximum atomic E-state index is 12.6. The summed E-state index contributed by atoms with van der Waals surface area (Å²) in [6.45, 7) is 1.15. The maximum absolute atomic E-state index is 12.6. The summed E-state index contributed by atoms with van der Waals surface area (Å²) in [6.07, 6.45) is 6.49. The van der Waals surface area contributed by atoms with Gasteiger partial charge in [-0.1, -0.05) is 30.3 Å². The van der Waals surface area contributed by atoms with Crippen LogP contribution in [0.25, 0.3) is 0 Å². The fourth-order valence-electron chi connectivity index (χ4n) is 4.78. The minimum Gasteiger partial charge on any atom is -0.493 e. The molecule has 1 aliphatic carbocycles. The van der Waals surface area contributed by atoms with Crippen molar-refractivity contribution in [1.82, 2.24) is 5.32 Å². The molecule has 4 rings (SSSR count).